The Bertz CT molecular complexity index is 308. The van der Waals surface area contributed by atoms with Crippen LogP contribution in [0.2, 0.25) is 0 Å². The van der Waals surface area contributed by atoms with Gasteiger partial charge < -0.3 is 10.0 Å². The summed E-state index contributed by atoms with van der Waals surface area (Å²) in [6, 6.07) is 10.7. The zero-order valence-corrected chi connectivity index (χ0v) is 10.5. The molecule has 0 radical (unpaired) electrons. The number of unbranched alkanes of at least 4 members (excludes halogenated alkanes) is 1. The van der Waals surface area contributed by atoms with E-state index >= 15 is 0 Å². The molecule has 1 fully saturated rings. The number of hydrogen-bond acceptors (Lipinski definition) is 2. The van der Waals surface area contributed by atoms with Crippen molar-refractivity contribution in [3.8, 4) is 0 Å². The maximum absolute atomic E-state index is 8.87. The number of aliphatic hydroxyl groups is 1. The number of benzene rings is 1. The molecule has 0 aliphatic heterocycles. The Morgan fingerprint density at radius 1 is 1.12 bits per heavy atom. The second kappa shape index (κ2) is 6.65. The van der Waals surface area contributed by atoms with Crippen LogP contribution in [0.15, 0.2) is 30.3 Å². The van der Waals surface area contributed by atoms with E-state index in [0.29, 0.717) is 6.61 Å². The summed E-state index contributed by atoms with van der Waals surface area (Å²) >= 11 is 0. The van der Waals surface area contributed by atoms with Crippen LogP contribution in [0.5, 0.6) is 0 Å². The minimum absolute atomic E-state index is 0.312. The van der Waals surface area contributed by atoms with Crippen molar-refractivity contribution in [2.45, 2.75) is 32.1 Å². The highest BCUT2D eigenvalue weighted by molar-refractivity contribution is 5.45. The number of nitrogens with zero attached hydrogens (tertiary/aromatic N) is 1. The van der Waals surface area contributed by atoms with Crippen molar-refractivity contribution in [3.63, 3.8) is 0 Å². The molecule has 1 aliphatic rings. The summed E-state index contributed by atoms with van der Waals surface area (Å²) in [7, 11) is 0. The molecule has 94 valence electrons. The van der Waals surface area contributed by atoms with Crippen molar-refractivity contribution >= 4 is 5.69 Å². The zero-order chi connectivity index (χ0) is 11.9. The van der Waals surface area contributed by atoms with Gasteiger partial charge in [-0.25, -0.2) is 0 Å². The number of hydrogen-bond donors (Lipinski definition) is 1. The van der Waals surface area contributed by atoms with E-state index in [9.17, 15) is 0 Å². The quantitative estimate of drug-likeness (QED) is 0.732. The van der Waals surface area contributed by atoms with Crippen LogP contribution in [0.25, 0.3) is 0 Å². The Morgan fingerprint density at radius 2 is 1.88 bits per heavy atom. The molecule has 0 atom stereocenters. The van der Waals surface area contributed by atoms with Crippen LogP contribution < -0.4 is 4.90 Å². The molecule has 0 unspecified atom stereocenters. The molecular weight excluding hydrogens is 210 g/mol. The predicted molar refractivity (Wildman–Crippen MR) is 72.3 cm³/mol. The maximum Gasteiger partial charge on any atom is 0.0431 e. The van der Waals surface area contributed by atoms with Gasteiger partial charge >= 0.3 is 0 Å². The van der Waals surface area contributed by atoms with Gasteiger partial charge in [0.15, 0.2) is 0 Å². The van der Waals surface area contributed by atoms with E-state index in [1.165, 1.54) is 31.5 Å². The number of para-hydroxylation sites is 1. The molecule has 0 saturated heterocycles. The van der Waals surface area contributed by atoms with E-state index in [4.69, 9.17) is 5.11 Å². The first-order valence-corrected chi connectivity index (χ1v) is 6.81. The molecule has 0 aromatic heterocycles. The van der Waals surface area contributed by atoms with E-state index in [-0.39, 0.29) is 0 Å². The van der Waals surface area contributed by atoms with Crippen LogP contribution in [-0.2, 0) is 0 Å². The van der Waals surface area contributed by atoms with Crippen molar-refractivity contribution in [1.82, 2.24) is 0 Å². The van der Waals surface area contributed by atoms with Crippen molar-refractivity contribution in [2.75, 3.05) is 24.6 Å². The van der Waals surface area contributed by atoms with E-state index in [1.807, 2.05) is 0 Å². The molecule has 2 heteroatoms. The highest BCUT2D eigenvalue weighted by Crippen LogP contribution is 2.29. The third-order valence-corrected chi connectivity index (χ3v) is 3.66. The lowest BCUT2D eigenvalue weighted by molar-refractivity contribution is 0.282. The monoisotopic (exact) mass is 233 g/mol. The van der Waals surface area contributed by atoms with Gasteiger partial charge in [0.25, 0.3) is 0 Å². The summed E-state index contributed by atoms with van der Waals surface area (Å²) in [5, 5.41) is 8.87. The Morgan fingerprint density at radius 3 is 2.47 bits per heavy atom. The zero-order valence-electron chi connectivity index (χ0n) is 10.5. The summed E-state index contributed by atoms with van der Waals surface area (Å²) in [6.45, 7) is 2.57. The standard InChI is InChI=1S/C15H23NO/c17-12-5-4-11-16(13-14-7-6-8-14)15-9-2-1-3-10-15/h1-3,9-10,14,17H,4-8,11-13H2. The fourth-order valence-corrected chi connectivity index (χ4v) is 2.37. The molecule has 1 aromatic carbocycles. The largest absolute Gasteiger partial charge is 0.396 e. The number of anilines is 1. The normalized spacial score (nSPS) is 15.6. The van der Waals surface area contributed by atoms with E-state index in [0.717, 1.165) is 25.3 Å². The molecule has 2 nitrogen and oxygen atoms in total. The van der Waals surface area contributed by atoms with Crippen molar-refractivity contribution < 1.29 is 5.11 Å². The number of rotatable bonds is 7. The minimum Gasteiger partial charge on any atom is -0.396 e. The van der Waals surface area contributed by atoms with E-state index < -0.39 is 0 Å². The summed E-state index contributed by atoms with van der Waals surface area (Å²) < 4.78 is 0. The lowest BCUT2D eigenvalue weighted by Gasteiger charge is -2.34. The van der Waals surface area contributed by atoms with Crippen LogP contribution in [0.1, 0.15) is 32.1 Å². The molecule has 0 spiro atoms. The maximum atomic E-state index is 8.87. The lowest BCUT2D eigenvalue weighted by atomic mass is 9.85. The fraction of sp³-hybridized carbons (Fsp3) is 0.600. The van der Waals surface area contributed by atoms with Gasteiger partial charge in [-0.05, 0) is 43.7 Å². The number of aliphatic hydroxyl groups excluding tert-OH is 1. The Hall–Kier alpha value is -1.02. The summed E-state index contributed by atoms with van der Waals surface area (Å²) in [4.78, 5) is 2.49. The minimum atomic E-state index is 0.312. The molecule has 1 saturated carbocycles. The van der Waals surface area contributed by atoms with Crippen LogP contribution >= 0.6 is 0 Å². The molecular formula is C15H23NO. The Balaban J connectivity index is 1.91. The highest BCUT2D eigenvalue weighted by Gasteiger charge is 2.20. The SMILES string of the molecule is OCCCCN(CC1CCC1)c1ccccc1. The predicted octanol–water partition coefficient (Wildman–Crippen LogP) is 3.07. The first-order valence-electron chi connectivity index (χ1n) is 6.81. The van der Waals surface area contributed by atoms with Gasteiger partial charge in [-0.1, -0.05) is 24.6 Å². The molecule has 0 heterocycles. The van der Waals surface area contributed by atoms with Gasteiger partial charge in [-0.15, -0.1) is 0 Å². The molecule has 0 bridgehead atoms. The van der Waals surface area contributed by atoms with Crippen molar-refractivity contribution in [1.29, 1.82) is 0 Å². The molecule has 1 aliphatic carbocycles. The van der Waals surface area contributed by atoms with Crippen LogP contribution in [0.3, 0.4) is 0 Å². The second-order valence-electron chi connectivity index (χ2n) is 5.01. The molecule has 17 heavy (non-hydrogen) atoms. The Labute approximate surface area is 104 Å². The van der Waals surface area contributed by atoms with Crippen LogP contribution in [0, 0.1) is 5.92 Å². The first kappa shape index (κ1) is 12.4. The third kappa shape index (κ3) is 3.74. The Kier molecular flexibility index (Phi) is 4.87. The summed E-state index contributed by atoms with van der Waals surface area (Å²) in [5.41, 5.74) is 1.33. The summed E-state index contributed by atoms with van der Waals surface area (Å²) in [5.74, 6) is 0.893. The van der Waals surface area contributed by atoms with E-state index in [2.05, 4.69) is 35.2 Å². The van der Waals surface area contributed by atoms with Gasteiger partial charge in [0.05, 0.1) is 0 Å². The third-order valence-electron chi connectivity index (χ3n) is 3.66. The second-order valence-corrected chi connectivity index (χ2v) is 5.01. The average Bonchev–Trinajstić information content (AvgIpc) is 2.32. The van der Waals surface area contributed by atoms with Crippen LogP contribution in [-0.4, -0.2) is 24.8 Å². The van der Waals surface area contributed by atoms with Gasteiger partial charge in [-0.2, -0.15) is 0 Å². The van der Waals surface area contributed by atoms with Gasteiger partial charge in [0.2, 0.25) is 0 Å². The van der Waals surface area contributed by atoms with Crippen molar-refractivity contribution in [2.24, 2.45) is 5.92 Å². The van der Waals surface area contributed by atoms with Crippen molar-refractivity contribution in [3.05, 3.63) is 30.3 Å². The van der Waals surface area contributed by atoms with Gasteiger partial charge in [-0.3, -0.25) is 0 Å². The smallest absolute Gasteiger partial charge is 0.0431 e. The molecule has 1 aromatic rings. The van der Waals surface area contributed by atoms with Gasteiger partial charge in [0, 0.05) is 25.4 Å². The van der Waals surface area contributed by atoms with Gasteiger partial charge in [0.1, 0.15) is 0 Å². The fourth-order valence-electron chi connectivity index (χ4n) is 2.37. The lowest BCUT2D eigenvalue weighted by Crippen LogP contribution is -2.33. The molecule has 2 rings (SSSR count). The van der Waals surface area contributed by atoms with E-state index in [1.54, 1.807) is 0 Å². The first-order chi connectivity index (χ1) is 8.40. The summed E-state index contributed by atoms with van der Waals surface area (Å²) in [6.07, 6.45) is 6.18. The highest BCUT2D eigenvalue weighted by atomic mass is 16.2. The molecule has 1 N–H and O–H groups in total. The topological polar surface area (TPSA) is 23.5 Å². The molecule has 0 amide bonds. The average molecular weight is 233 g/mol. The van der Waals surface area contributed by atoms with Crippen LogP contribution in [0.4, 0.5) is 5.69 Å².